The SMILES string of the molecule is COc1ccccc1-c1cnc(C(N)CC(C)C)[nH]1. The van der Waals surface area contributed by atoms with Crippen molar-refractivity contribution in [3.05, 3.63) is 36.3 Å². The van der Waals surface area contributed by atoms with Gasteiger partial charge in [-0.1, -0.05) is 26.0 Å². The van der Waals surface area contributed by atoms with Crippen molar-refractivity contribution < 1.29 is 4.74 Å². The van der Waals surface area contributed by atoms with Crippen molar-refractivity contribution in [2.45, 2.75) is 26.3 Å². The lowest BCUT2D eigenvalue weighted by Crippen LogP contribution is -2.14. The topological polar surface area (TPSA) is 63.9 Å². The summed E-state index contributed by atoms with van der Waals surface area (Å²) in [5, 5.41) is 0. The molecule has 0 fully saturated rings. The van der Waals surface area contributed by atoms with Gasteiger partial charge in [0.2, 0.25) is 0 Å². The highest BCUT2D eigenvalue weighted by Gasteiger charge is 2.14. The Labute approximate surface area is 114 Å². The van der Waals surface area contributed by atoms with E-state index in [0.29, 0.717) is 5.92 Å². The molecule has 0 saturated heterocycles. The van der Waals surface area contributed by atoms with E-state index in [0.717, 1.165) is 29.3 Å². The van der Waals surface area contributed by atoms with Crippen LogP contribution >= 0.6 is 0 Å². The first-order valence-corrected chi connectivity index (χ1v) is 6.55. The second kappa shape index (κ2) is 5.89. The first-order valence-electron chi connectivity index (χ1n) is 6.55. The average molecular weight is 259 g/mol. The summed E-state index contributed by atoms with van der Waals surface area (Å²) >= 11 is 0. The van der Waals surface area contributed by atoms with Crippen LogP contribution in [0, 0.1) is 5.92 Å². The van der Waals surface area contributed by atoms with Gasteiger partial charge in [-0.2, -0.15) is 0 Å². The predicted octanol–water partition coefficient (Wildman–Crippen LogP) is 3.13. The number of H-pyrrole nitrogens is 1. The molecule has 0 bridgehead atoms. The molecule has 1 aromatic carbocycles. The maximum atomic E-state index is 6.13. The number of rotatable bonds is 5. The van der Waals surface area contributed by atoms with Gasteiger partial charge in [0.25, 0.3) is 0 Å². The van der Waals surface area contributed by atoms with Crippen LogP contribution in [0.2, 0.25) is 0 Å². The maximum absolute atomic E-state index is 6.13. The van der Waals surface area contributed by atoms with Crippen LogP contribution in [0.25, 0.3) is 11.3 Å². The first-order chi connectivity index (χ1) is 9.11. The van der Waals surface area contributed by atoms with Crippen molar-refractivity contribution in [3.8, 4) is 17.0 Å². The van der Waals surface area contributed by atoms with E-state index in [1.165, 1.54) is 0 Å². The fourth-order valence-electron chi connectivity index (χ4n) is 2.15. The molecule has 0 spiro atoms. The van der Waals surface area contributed by atoms with Gasteiger partial charge >= 0.3 is 0 Å². The van der Waals surface area contributed by atoms with E-state index in [4.69, 9.17) is 10.5 Å². The van der Waals surface area contributed by atoms with E-state index >= 15 is 0 Å². The van der Waals surface area contributed by atoms with E-state index in [-0.39, 0.29) is 6.04 Å². The molecule has 3 N–H and O–H groups in total. The number of hydrogen-bond donors (Lipinski definition) is 2. The molecule has 4 heteroatoms. The lowest BCUT2D eigenvalue weighted by Gasteiger charge is -2.11. The van der Waals surface area contributed by atoms with Gasteiger partial charge in [-0.05, 0) is 24.5 Å². The highest BCUT2D eigenvalue weighted by molar-refractivity contribution is 5.66. The number of hydrogen-bond acceptors (Lipinski definition) is 3. The van der Waals surface area contributed by atoms with E-state index in [9.17, 15) is 0 Å². The highest BCUT2D eigenvalue weighted by Crippen LogP contribution is 2.29. The number of benzene rings is 1. The van der Waals surface area contributed by atoms with Crippen LogP contribution in [0.5, 0.6) is 5.75 Å². The number of aromatic amines is 1. The normalized spacial score (nSPS) is 12.7. The minimum absolute atomic E-state index is 0.0524. The number of nitrogens with zero attached hydrogens (tertiary/aromatic N) is 1. The van der Waals surface area contributed by atoms with Crippen molar-refractivity contribution in [3.63, 3.8) is 0 Å². The molecule has 0 radical (unpaired) electrons. The molecule has 0 saturated carbocycles. The number of para-hydroxylation sites is 1. The van der Waals surface area contributed by atoms with Crippen LogP contribution in [0.4, 0.5) is 0 Å². The predicted molar refractivity (Wildman–Crippen MR) is 77.0 cm³/mol. The standard InChI is InChI=1S/C15H21N3O/c1-10(2)8-12(16)15-17-9-13(18-15)11-6-4-5-7-14(11)19-3/h4-7,9-10,12H,8,16H2,1-3H3,(H,17,18). The lowest BCUT2D eigenvalue weighted by molar-refractivity contribution is 0.416. The first kappa shape index (κ1) is 13.6. The quantitative estimate of drug-likeness (QED) is 0.867. The van der Waals surface area contributed by atoms with E-state index in [2.05, 4.69) is 23.8 Å². The van der Waals surface area contributed by atoms with Crippen LogP contribution in [0.15, 0.2) is 30.5 Å². The van der Waals surface area contributed by atoms with Crippen LogP contribution < -0.4 is 10.5 Å². The Bertz CT molecular complexity index is 534. The van der Waals surface area contributed by atoms with E-state index in [1.807, 2.05) is 30.5 Å². The summed E-state index contributed by atoms with van der Waals surface area (Å²) in [6.07, 6.45) is 2.73. The molecule has 1 heterocycles. The molecular weight excluding hydrogens is 238 g/mol. The monoisotopic (exact) mass is 259 g/mol. The van der Waals surface area contributed by atoms with Gasteiger partial charge in [-0.3, -0.25) is 0 Å². The van der Waals surface area contributed by atoms with Gasteiger partial charge in [0, 0.05) is 5.56 Å². The highest BCUT2D eigenvalue weighted by atomic mass is 16.5. The smallest absolute Gasteiger partial charge is 0.128 e. The third-order valence-electron chi connectivity index (χ3n) is 3.07. The molecule has 0 aliphatic carbocycles. The lowest BCUT2D eigenvalue weighted by atomic mass is 10.0. The Kier molecular flexibility index (Phi) is 4.22. The maximum Gasteiger partial charge on any atom is 0.128 e. The minimum Gasteiger partial charge on any atom is -0.496 e. The zero-order chi connectivity index (χ0) is 13.8. The fraction of sp³-hybridized carbons (Fsp3) is 0.400. The summed E-state index contributed by atoms with van der Waals surface area (Å²) in [5.74, 6) is 2.21. The second-order valence-corrected chi connectivity index (χ2v) is 5.12. The van der Waals surface area contributed by atoms with Gasteiger partial charge in [-0.25, -0.2) is 4.98 Å². The number of nitrogens with two attached hydrogens (primary N) is 1. The Morgan fingerprint density at radius 1 is 1.32 bits per heavy atom. The third-order valence-corrected chi connectivity index (χ3v) is 3.07. The van der Waals surface area contributed by atoms with Crippen molar-refractivity contribution in [1.82, 2.24) is 9.97 Å². The fourth-order valence-corrected chi connectivity index (χ4v) is 2.15. The summed E-state index contributed by atoms with van der Waals surface area (Å²) in [4.78, 5) is 7.68. The van der Waals surface area contributed by atoms with Gasteiger partial charge in [0.15, 0.2) is 0 Å². The van der Waals surface area contributed by atoms with Crippen LogP contribution in [-0.4, -0.2) is 17.1 Å². The molecule has 102 valence electrons. The van der Waals surface area contributed by atoms with Crippen molar-refractivity contribution in [2.24, 2.45) is 11.7 Å². The van der Waals surface area contributed by atoms with E-state index in [1.54, 1.807) is 7.11 Å². The summed E-state index contributed by atoms with van der Waals surface area (Å²) in [6.45, 7) is 4.31. The molecule has 2 aromatic rings. The molecule has 0 amide bonds. The molecule has 19 heavy (non-hydrogen) atoms. The Morgan fingerprint density at radius 3 is 2.74 bits per heavy atom. The van der Waals surface area contributed by atoms with Gasteiger partial charge < -0.3 is 15.5 Å². The number of nitrogens with one attached hydrogen (secondary N) is 1. The molecule has 1 unspecified atom stereocenters. The molecule has 1 aromatic heterocycles. The van der Waals surface area contributed by atoms with E-state index < -0.39 is 0 Å². The van der Waals surface area contributed by atoms with Crippen molar-refractivity contribution in [1.29, 1.82) is 0 Å². The summed E-state index contributed by atoms with van der Waals surface area (Å²) < 4.78 is 5.36. The Hall–Kier alpha value is -1.81. The van der Waals surface area contributed by atoms with Gasteiger partial charge in [0.05, 0.1) is 25.0 Å². The largest absolute Gasteiger partial charge is 0.496 e. The number of aromatic nitrogens is 2. The molecular formula is C15H21N3O. The summed E-state index contributed by atoms with van der Waals surface area (Å²) in [5.41, 5.74) is 8.07. The summed E-state index contributed by atoms with van der Waals surface area (Å²) in [7, 11) is 1.67. The average Bonchev–Trinajstić information content (AvgIpc) is 2.87. The van der Waals surface area contributed by atoms with Crippen molar-refractivity contribution in [2.75, 3.05) is 7.11 Å². The Morgan fingerprint density at radius 2 is 2.05 bits per heavy atom. The minimum atomic E-state index is -0.0524. The number of ether oxygens (including phenoxy) is 1. The molecule has 0 aliphatic rings. The third kappa shape index (κ3) is 3.15. The molecule has 0 aliphatic heterocycles. The van der Waals surface area contributed by atoms with Crippen molar-refractivity contribution >= 4 is 0 Å². The second-order valence-electron chi connectivity index (χ2n) is 5.12. The summed E-state index contributed by atoms with van der Waals surface area (Å²) in [6, 6.07) is 7.81. The van der Waals surface area contributed by atoms with Gasteiger partial charge in [-0.15, -0.1) is 0 Å². The Balaban J connectivity index is 2.25. The molecule has 1 atom stereocenters. The zero-order valence-electron chi connectivity index (χ0n) is 11.7. The van der Waals surface area contributed by atoms with Crippen LogP contribution in [0.1, 0.15) is 32.1 Å². The molecule has 2 rings (SSSR count). The zero-order valence-corrected chi connectivity index (χ0v) is 11.7. The number of methoxy groups -OCH3 is 1. The van der Waals surface area contributed by atoms with Crippen LogP contribution in [-0.2, 0) is 0 Å². The van der Waals surface area contributed by atoms with Crippen LogP contribution in [0.3, 0.4) is 0 Å². The number of imidazole rings is 1. The molecule has 4 nitrogen and oxygen atoms in total. The van der Waals surface area contributed by atoms with Gasteiger partial charge in [0.1, 0.15) is 11.6 Å².